The first-order valence-corrected chi connectivity index (χ1v) is 4.89. The van der Waals surface area contributed by atoms with Crippen molar-refractivity contribution in [1.29, 1.82) is 5.26 Å². The van der Waals surface area contributed by atoms with Crippen LogP contribution in [-0.4, -0.2) is 15.1 Å². The summed E-state index contributed by atoms with van der Waals surface area (Å²) in [5.41, 5.74) is 0.851. The third kappa shape index (κ3) is 2.32. The van der Waals surface area contributed by atoms with E-state index in [9.17, 15) is 5.11 Å². The van der Waals surface area contributed by atoms with Gasteiger partial charge in [0.05, 0.1) is 12.4 Å². The van der Waals surface area contributed by atoms with E-state index in [1.54, 1.807) is 25.1 Å². The van der Waals surface area contributed by atoms with Gasteiger partial charge in [-0.15, -0.1) is 0 Å². The van der Waals surface area contributed by atoms with Crippen molar-refractivity contribution >= 4 is 0 Å². The minimum absolute atomic E-state index is 0.157. The van der Waals surface area contributed by atoms with Crippen LogP contribution in [-0.2, 0) is 0 Å². The maximum atomic E-state index is 9.50. The monoisotopic (exact) mass is 227 g/mol. The van der Waals surface area contributed by atoms with Crippen LogP contribution >= 0.6 is 0 Å². The fourth-order valence-corrected chi connectivity index (χ4v) is 1.25. The van der Waals surface area contributed by atoms with Gasteiger partial charge in [-0.2, -0.15) is 5.26 Å². The second kappa shape index (κ2) is 4.49. The molecule has 0 spiro atoms. The van der Waals surface area contributed by atoms with Crippen LogP contribution in [0.4, 0.5) is 0 Å². The molecule has 0 aliphatic heterocycles. The van der Waals surface area contributed by atoms with Gasteiger partial charge in [0.1, 0.15) is 17.6 Å². The van der Waals surface area contributed by atoms with Gasteiger partial charge in [-0.25, -0.2) is 9.97 Å². The van der Waals surface area contributed by atoms with Crippen molar-refractivity contribution in [2.75, 3.05) is 0 Å². The Kier molecular flexibility index (Phi) is 2.88. The molecule has 0 amide bonds. The van der Waals surface area contributed by atoms with Gasteiger partial charge in [0, 0.05) is 5.56 Å². The predicted octanol–water partition coefficient (Wildman–Crippen LogP) is 2.15. The highest BCUT2D eigenvalue weighted by Crippen LogP contribution is 2.28. The van der Waals surface area contributed by atoms with Gasteiger partial charge >= 0.3 is 0 Å². The molecule has 0 saturated heterocycles. The topological polar surface area (TPSA) is 79.0 Å². The van der Waals surface area contributed by atoms with Gasteiger partial charge < -0.3 is 9.84 Å². The number of phenols is 1. The Balaban J connectivity index is 2.26. The Morgan fingerprint density at radius 2 is 2.12 bits per heavy atom. The zero-order chi connectivity index (χ0) is 12.3. The molecule has 2 rings (SSSR count). The second-order valence-corrected chi connectivity index (χ2v) is 3.35. The number of ether oxygens (including phenoxy) is 1. The molecule has 5 heteroatoms. The van der Waals surface area contributed by atoms with Crippen molar-refractivity contribution in [2.45, 2.75) is 6.92 Å². The Morgan fingerprint density at radius 3 is 2.76 bits per heavy atom. The summed E-state index contributed by atoms with van der Waals surface area (Å²) in [5, 5.41) is 18.1. The number of aromatic nitrogens is 2. The van der Waals surface area contributed by atoms with E-state index in [2.05, 4.69) is 9.97 Å². The van der Waals surface area contributed by atoms with E-state index >= 15 is 0 Å². The fourth-order valence-electron chi connectivity index (χ4n) is 1.25. The van der Waals surface area contributed by atoms with Crippen LogP contribution in [0.3, 0.4) is 0 Å². The van der Waals surface area contributed by atoms with Gasteiger partial charge in [-0.3, -0.25) is 0 Å². The maximum absolute atomic E-state index is 9.50. The first kappa shape index (κ1) is 10.9. The Labute approximate surface area is 98.0 Å². The van der Waals surface area contributed by atoms with Crippen molar-refractivity contribution in [1.82, 2.24) is 9.97 Å². The van der Waals surface area contributed by atoms with E-state index in [4.69, 9.17) is 10.00 Å². The van der Waals surface area contributed by atoms with Crippen molar-refractivity contribution in [3.63, 3.8) is 0 Å². The lowest BCUT2D eigenvalue weighted by Crippen LogP contribution is -1.92. The molecule has 1 heterocycles. The van der Waals surface area contributed by atoms with Crippen molar-refractivity contribution in [3.05, 3.63) is 41.9 Å². The second-order valence-electron chi connectivity index (χ2n) is 3.35. The van der Waals surface area contributed by atoms with E-state index < -0.39 is 0 Å². The molecule has 0 atom stereocenters. The number of phenolic OH excluding ortho intramolecular Hbond substituents is 1. The largest absolute Gasteiger partial charge is 0.508 e. The molecule has 5 nitrogen and oxygen atoms in total. The van der Waals surface area contributed by atoms with Crippen LogP contribution in [0.5, 0.6) is 17.4 Å². The molecular formula is C12H9N3O2. The molecule has 1 N–H and O–H groups in total. The zero-order valence-electron chi connectivity index (χ0n) is 9.08. The number of rotatable bonds is 2. The van der Waals surface area contributed by atoms with Gasteiger partial charge in [0.15, 0.2) is 5.69 Å². The lowest BCUT2D eigenvalue weighted by molar-refractivity contribution is 0.437. The molecule has 0 fully saturated rings. The van der Waals surface area contributed by atoms with Crippen LogP contribution in [0, 0.1) is 18.3 Å². The minimum atomic E-state index is 0.157. The highest BCUT2D eigenvalue weighted by atomic mass is 16.5. The first-order chi connectivity index (χ1) is 8.20. The summed E-state index contributed by atoms with van der Waals surface area (Å²) in [5.74, 6) is 0.936. The van der Waals surface area contributed by atoms with Crippen LogP contribution in [0.25, 0.3) is 0 Å². The molecule has 1 aromatic carbocycles. The average molecular weight is 227 g/mol. The fraction of sp³-hybridized carbons (Fsp3) is 0.0833. The molecule has 0 aliphatic carbocycles. The molecule has 0 aliphatic rings. The van der Waals surface area contributed by atoms with Gasteiger partial charge in [-0.05, 0) is 19.1 Å². The molecule has 84 valence electrons. The van der Waals surface area contributed by atoms with E-state index in [1.807, 2.05) is 6.07 Å². The third-order valence-corrected chi connectivity index (χ3v) is 2.21. The van der Waals surface area contributed by atoms with E-state index in [0.717, 1.165) is 0 Å². The number of hydrogen-bond acceptors (Lipinski definition) is 5. The number of aromatic hydroxyl groups is 1. The van der Waals surface area contributed by atoms with Crippen LogP contribution in [0.2, 0.25) is 0 Å². The Bertz CT molecular complexity index is 573. The SMILES string of the molecule is Cc1c(O)cccc1Oc1cnc(C#N)cn1. The lowest BCUT2D eigenvalue weighted by atomic mass is 10.2. The van der Waals surface area contributed by atoms with E-state index in [1.165, 1.54) is 12.4 Å². The normalized spacial score (nSPS) is 9.65. The number of nitriles is 1. The summed E-state index contributed by atoms with van der Waals surface area (Å²) in [7, 11) is 0. The molecule has 1 aromatic heterocycles. The number of nitrogens with zero attached hydrogens (tertiary/aromatic N) is 3. The third-order valence-electron chi connectivity index (χ3n) is 2.21. The minimum Gasteiger partial charge on any atom is -0.508 e. The highest BCUT2D eigenvalue weighted by Gasteiger charge is 2.06. The Morgan fingerprint density at radius 1 is 1.29 bits per heavy atom. The molecule has 0 unspecified atom stereocenters. The van der Waals surface area contributed by atoms with Crippen LogP contribution < -0.4 is 4.74 Å². The molecule has 2 aromatic rings. The van der Waals surface area contributed by atoms with Crippen molar-refractivity contribution in [3.8, 4) is 23.4 Å². The smallest absolute Gasteiger partial charge is 0.237 e. The van der Waals surface area contributed by atoms with Crippen molar-refractivity contribution < 1.29 is 9.84 Å². The summed E-state index contributed by atoms with van der Waals surface area (Å²) in [6, 6.07) is 6.84. The highest BCUT2D eigenvalue weighted by molar-refractivity contribution is 5.43. The quantitative estimate of drug-likeness (QED) is 0.850. The first-order valence-electron chi connectivity index (χ1n) is 4.89. The van der Waals surface area contributed by atoms with Gasteiger partial charge in [0.2, 0.25) is 5.88 Å². The van der Waals surface area contributed by atoms with Crippen LogP contribution in [0.1, 0.15) is 11.3 Å². The standard InChI is InChI=1S/C12H9N3O2/c1-8-10(16)3-2-4-11(8)17-12-7-14-9(5-13)6-15-12/h2-4,6-7,16H,1H3. The van der Waals surface area contributed by atoms with Gasteiger partial charge in [0.25, 0.3) is 0 Å². The molecule has 17 heavy (non-hydrogen) atoms. The predicted molar refractivity (Wildman–Crippen MR) is 59.7 cm³/mol. The van der Waals surface area contributed by atoms with E-state index in [-0.39, 0.29) is 17.3 Å². The molecule has 0 bridgehead atoms. The summed E-state index contributed by atoms with van der Waals surface area (Å²) < 4.78 is 5.45. The summed E-state index contributed by atoms with van der Waals surface area (Å²) in [4.78, 5) is 7.76. The summed E-state index contributed by atoms with van der Waals surface area (Å²) in [6.07, 6.45) is 2.69. The van der Waals surface area contributed by atoms with Gasteiger partial charge in [-0.1, -0.05) is 6.07 Å². The summed E-state index contributed by atoms with van der Waals surface area (Å²) >= 11 is 0. The lowest BCUT2D eigenvalue weighted by Gasteiger charge is -2.08. The van der Waals surface area contributed by atoms with E-state index in [0.29, 0.717) is 11.3 Å². The average Bonchev–Trinajstić information content (AvgIpc) is 2.36. The Hall–Kier alpha value is -2.61. The van der Waals surface area contributed by atoms with Crippen molar-refractivity contribution in [2.24, 2.45) is 0 Å². The molecule has 0 radical (unpaired) electrons. The summed E-state index contributed by atoms with van der Waals surface area (Å²) in [6.45, 7) is 1.74. The zero-order valence-corrected chi connectivity index (χ0v) is 9.08. The number of hydrogen-bond donors (Lipinski definition) is 1. The molecular weight excluding hydrogens is 218 g/mol. The molecule has 0 saturated carbocycles. The van der Waals surface area contributed by atoms with Crippen LogP contribution in [0.15, 0.2) is 30.6 Å². The number of benzene rings is 1. The maximum Gasteiger partial charge on any atom is 0.237 e.